The summed E-state index contributed by atoms with van der Waals surface area (Å²) in [5, 5.41) is 6.28. The second kappa shape index (κ2) is 5.83. The molecule has 2 rings (SSSR count). The van der Waals surface area contributed by atoms with Crippen molar-refractivity contribution in [3.05, 3.63) is 29.3 Å². The van der Waals surface area contributed by atoms with Gasteiger partial charge in [0.25, 0.3) is 0 Å². The lowest BCUT2D eigenvalue weighted by atomic mass is 10.0. The average Bonchev–Trinajstić information content (AvgIpc) is 3.22. The van der Waals surface area contributed by atoms with Crippen LogP contribution in [0.25, 0.3) is 0 Å². The van der Waals surface area contributed by atoms with Crippen molar-refractivity contribution < 1.29 is 9.59 Å². The van der Waals surface area contributed by atoms with Crippen LogP contribution in [0.2, 0.25) is 5.02 Å². The van der Waals surface area contributed by atoms with E-state index in [1.165, 1.54) is 0 Å². The summed E-state index contributed by atoms with van der Waals surface area (Å²) in [7, 11) is 0. The molecule has 1 unspecified atom stereocenters. The second-order valence-electron chi connectivity index (χ2n) is 5.33. The Balaban J connectivity index is 2.01. The van der Waals surface area contributed by atoms with Gasteiger partial charge in [0.15, 0.2) is 0 Å². The van der Waals surface area contributed by atoms with Crippen LogP contribution in [-0.2, 0) is 9.59 Å². The fraction of sp³-hybridized carbons (Fsp3) is 0.467. The van der Waals surface area contributed by atoms with Crippen molar-refractivity contribution in [2.24, 2.45) is 5.41 Å². The second-order valence-corrected chi connectivity index (χ2v) is 5.76. The van der Waals surface area contributed by atoms with Gasteiger partial charge in [-0.1, -0.05) is 18.5 Å². The number of carbonyl (C=O) groups excluding carboxylic acids is 2. The standard InChI is InChI=1S/C15H19ClN2O2/c1-3-10(2)17-13(19)15(8-9-15)14(20)18-12-6-4-11(16)5-7-12/h4-7,10H,3,8-9H2,1-2H3,(H,17,19)(H,18,20). The first-order chi connectivity index (χ1) is 9.48. The maximum absolute atomic E-state index is 12.3. The van der Waals surface area contributed by atoms with Crippen molar-refractivity contribution in [3.8, 4) is 0 Å². The number of hydrogen-bond acceptors (Lipinski definition) is 2. The predicted molar refractivity (Wildman–Crippen MR) is 79.6 cm³/mol. The topological polar surface area (TPSA) is 58.2 Å². The van der Waals surface area contributed by atoms with Crippen LogP contribution in [-0.4, -0.2) is 17.9 Å². The molecule has 1 aliphatic carbocycles. The zero-order valence-corrected chi connectivity index (χ0v) is 12.5. The van der Waals surface area contributed by atoms with Crippen LogP contribution < -0.4 is 10.6 Å². The summed E-state index contributed by atoms with van der Waals surface area (Å²) in [6.45, 7) is 3.93. The van der Waals surface area contributed by atoms with Gasteiger partial charge in [-0.2, -0.15) is 0 Å². The molecule has 1 saturated carbocycles. The minimum Gasteiger partial charge on any atom is -0.353 e. The SMILES string of the molecule is CCC(C)NC(=O)C1(C(=O)Nc2ccc(Cl)cc2)CC1. The van der Waals surface area contributed by atoms with Gasteiger partial charge in [-0.05, 0) is 50.5 Å². The Kier molecular flexibility index (Phi) is 4.33. The molecule has 1 aliphatic rings. The fourth-order valence-electron chi connectivity index (χ4n) is 1.93. The number of anilines is 1. The van der Waals surface area contributed by atoms with Gasteiger partial charge in [-0.15, -0.1) is 0 Å². The lowest BCUT2D eigenvalue weighted by Crippen LogP contribution is -2.43. The van der Waals surface area contributed by atoms with Gasteiger partial charge in [0.05, 0.1) is 0 Å². The summed E-state index contributed by atoms with van der Waals surface area (Å²) in [5.41, 5.74) is -0.231. The first-order valence-electron chi connectivity index (χ1n) is 6.86. The van der Waals surface area contributed by atoms with Crippen LogP contribution in [0.1, 0.15) is 33.1 Å². The lowest BCUT2D eigenvalue weighted by molar-refractivity contribution is -0.134. The van der Waals surface area contributed by atoms with Crippen LogP contribution >= 0.6 is 11.6 Å². The first kappa shape index (κ1) is 14.9. The van der Waals surface area contributed by atoms with Crippen LogP contribution in [0.5, 0.6) is 0 Å². The zero-order chi connectivity index (χ0) is 14.8. The number of carbonyl (C=O) groups is 2. The predicted octanol–water partition coefficient (Wildman–Crippen LogP) is 2.97. The molecular formula is C15H19ClN2O2. The Morgan fingerprint density at radius 1 is 1.25 bits per heavy atom. The van der Waals surface area contributed by atoms with Crippen LogP contribution in [0, 0.1) is 5.41 Å². The quantitative estimate of drug-likeness (QED) is 0.820. The molecule has 0 aliphatic heterocycles. The summed E-state index contributed by atoms with van der Waals surface area (Å²) in [4.78, 5) is 24.5. The van der Waals surface area contributed by atoms with E-state index in [1.807, 2.05) is 13.8 Å². The van der Waals surface area contributed by atoms with E-state index in [-0.39, 0.29) is 17.9 Å². The molecule has 2 amide bonds. The molecule has 0 spiro atoms. The summed E-state index contributed by atoms with van der Waals surface area (Å²) < 4.78 is 0. The molecular weight excluding hydrogens is 276 g/mol. The molecule has 1 aromatic rings. The number of halogens is 1. The summed E-state index contributed by atoms with van der Waals surface area (Å²) in [6, 6.07) is 6.95. The van der Waals surface area contributed by atoms with Crippen LogP contribution in [0.4, 0.5) is 5.69 Å². The van der Waals surface area contributed by atoms with E-state index in [0.29, 0.717) is 23.6 Å². The van der Waals surface area contributed by atoms with Crippen molar-refractivity contribution >= 4 is 29.1 Å². The largest absolute Gasteiger partial charge is 0.353 e. The first-order valence-corrected chi connectivity index (χ1v) is 7.24. The van der Waals surface area contributed by atoms with Gasteiger partial charge < -0.3 is 10.6 Å². The highest BCUT2D eigenvalue weighted by molar-refractivity contribution is 6.30. The number of hydrogen-bond donors (Lipinski definition) is 2. The number of benzene rings is 1. The average molecular weight is 295 g/mol. The third-order valence-corrected chi connectivity index (χ3v) is 3.96. The Morgan fingerprint density at radius 2 is 1.85 bits per heavy atom. The van der Waals surface area contributed by atoms with E-state index in [4.69, 9.17) is 11.6 Å². The normalized spacial score (nSPS) is 17.1. The van der Waals surface area contributed by atoms with Gasteiger partial charge in [-0.25, -0.2) is 0 Å². The van der Waals surface area contributed by atoms with E-state index in [1.54, 1.807) is 24.3 Å². The third-order valence-electron chi connectivity index (χ3n) is 3.71. The summed E-state index contributed by atoms with van der Waals surface area (Å²) >= 11 is 5.80. The van der Waals surface area contributed by atoms with E-state index < -0.39 is 5.41 Å². The molecule has 0 saturated heterocycles. The lowest BCUT2D eigenvalue weighted by Gasteiger charge is -2.18. The van der Waals surface area contributed by atoms with Crippen LogP contribution in [0.3, 0.4) is 0 Å². The molecule has 0 heterocycles. The number of nitrogens with one attached hydrogen (secondary N) is 2. The highest BCUT2D eigenvalue weighted by Gasteiger charge is 2.56. The molecule has 0 aromatic heterocycles. The molecule has 1 atom stereocenters. The summed E-state index contributed by atoms with van der Waals surface area (Å²) in [6.07, 6.45) is 2.06. The molecule has 0 radical (unpaired) electrons. The molecule has 5 heteroatoms. The van der Waals surface area contributed by atoms with Crippen molar-refractivity contribution in [1.29, 1.82) is 0 Å². The highest BCUT2D eigenvalue weighted by atomic mass is 35.5. The molecule has 108 valence electrons. The molecule has 1 aromatic carbocycles. The Morgan fingerprint density at radius 3 is 2.35 bits per heavy atom. The smallest absolute Gasteiger partial charge is 0.240 e. The molecule has 1 fully saturated rings. The molecule has 20 heavy (non-hydrogen) atoms. The minimum absolute atomic E-state index is 0.0864. The molecule has 4 nitrogen and oxygen atoms in total. The van der Waals surface area contributed by atoms with E-state index in [0.717, 1.165) is 6.42 Å². The van der Waals surface area contributed by atoms with Crippen molar-refractivity contribution in [2.75, 3.05) is 5.32 Å². The van der Waals surface area contributed by atoms with E-state index in [9.17, 15) is 9.59 Å². The maximum atomic E-state index is 12.3. The minimum atomic E-state index is -0.886. The molecule has 2 N–H and O–H groups in total. The van der Waals surface area contributed by atoms with E-state index in [2.05, 4.69) is 10.6 Å². The third kappa shape index (κ3) is 3.12. The van der Waals surface area contributed by atoms with Gasteiger partial charge in [-0.3, -0.25) is 9.59 Å². The zero-order valence-electron chi connectivity index (χ0n) is 11.7. The van der Waals surface area contributed by atoms with Crippen molar-refractivity contribution in [3.63, 3.8) is 0 Å². The van der Waals surface area contributed by atoms with E-state index >= 15 is 0 Å². The number of amides is 2. The Labute approximate surface area is 123 Å². The summed E-state index contributed by atoms with van der Waals surface area (Å²) in [5.74, 6) is -0.404. The van der Waals surface area contributed by atoms with Gasteiger partial charge in [0.1, 0.15) is 5.41 Å². The molecule has 0 bridgehead atoms. The van der Waals surface area contributed by atoms with Gasteiger partial charge >= 0.3 is 0 Å². The van der Waals surface area contributed by atoms with Crippen LogP contribution in [0.15, 0.2) is 24.3 Å². The number of rotatable bonds is 5. The Hall–Kier alpha value is -1.55. The van der Waals surface area contributed by atoms with Gasteiger partial charge in [0, 0.05) is 16.8 Å². The van der Waals surface area contributed by atoms with Crippen molar-refractivity contribution in [2.45, 2.75) is 39.2 Å². The highest BCUT2D eigenvalue weighted by Crippen LogP contribution is 2.47. The Bertz CT molecular complexity index is 509. The van der Waals surface area contributed by atoms with Gasteiger partial charge in [0.2, 0.25) is 11.8 Å². The van der Waals surface area contributed by atoms with Crippen molar-refractivity contribution in [1.82, 2.24) is 5.32 Å². The maximum Gasteiger partial charge on any atom is 0.240 e. The monoisotopic (exact) mass is 294 g/mol. The fourth-order valence-corrected chi connectivity index (χ4v) is 2.06.